The van der Waals surface area contributed by atoms with Gasteiger partial charge in [0.25, 0.3) is 0 Å². The smallest absolute Gasteiger partial charge is 0.244 e. The monoisotopic (exact) mass is 410 g/mol. The van der Waals surface area contributed by atoms with Crippen molar-refractivity contribution in [1.82, 2.24) is 20.1 Å². The number of carbonyl (C=O) groups excluding carboxylic acids is 1. The van der Waals surface area contributed by atoms with Crippen LogP contribution in [0.25, 0.3) is 23.0 Å². The summed E-state index contributed by atoms with van der Waals surface area (Å²) in [6.45, 7) is 0.381. The third-order valence-corrected chi connectivity index (χ3v) is 4.76. The normalized spacial score (nSPS) is 10.9. The van der Waals surface area contributed by atoms with E-state index in [0.29, 0.717) is 6.54 Å². The molecule has 2 aromatic heterocycles. The minimum absolute atomic E-state index is 0.199. The van der Waals surface area contributed by atoms with Crippen molar-refractivity contribution in [2.75, 3.05) is 7.11 Å². The number of amides is 1. The lowest BCUT2D eigenvalue weighted by Gasteiger charge is -2.08. The van der Waals surface area contributed by atoms with E-state index in [9.17, 15) is 4.79 Å². The zero-order chi connectivity index (χ0) is 21.5. The minimum atomic E-state index is -0.199. The van der Waals surface area contributed by atoms with E-state index in [2.05, 4.69) is 10.3 Å². The molecule has 0 atom stereocenters. The van der Waals surface area contributed by atoms with Crippen molar-refractivity contribution < 1.29 is 9.53 Å². The van der Waals surface area contributed by atoms with Gasteiger partial charge in [-0.2, -0.15) is 5.10 Å². The lowest BCUT2D eigenvalue weighted by molar-refractivity contribution is -0.116. The van der Waals surface area contributed by atoms with Gasteiger partial charge in [0.15, 0.2) is 0 Å². The predicted molar refractivity (Wildman–Crippen MR) is 121 cm³/mol. The molecule has 0 unspecified atom stereocenters. The van der Waals surface area contributed by atoms with Crippen LogP contribution in [-0.2, 0) is 11.3 Å². The van der Waals surface area contributed by atoms with Gasteiger partial charge < -0.3 is 10.1 Å². The highest BCUT2D eigenvalue weighted by molar-refractivity contribution is 5.92. The molecule has 0 aliphatic carbocycles. The first-order valence-corrected chi connectivity index (χ1v) is 9.88. The molecule has 1 N–H and O–H groups in total. The number of nitrogens with zero attached hydrogens (tertiary/aromatic N) is 3. The quantitative estimate of drug-likeness (QED) is 0.462. The molecular formula is C25H22N4O2. The van der Waals surface area contributed by atoms with Crippen LogP contribution in [0.3, 0.4) is 0 Å². The van der Waals surface area contributed by atoms with Gasteiger partial charge in [-0.1, -0.05) is 36.4 Å². The Labute approximate surface area is 180 Å². The van der Waals surface area contributed by atoms with Gasteiger partial charge in [-0.3, -0.25) is 9.78 Å². The summed E-state index contributed by atoms with van der Waals surface area (Å²) in [7, 11) is 1.62. The molecule has 0 fully saturated rings. The average Bonchev–Trinajstić information content (AvgIpc) is 3.27. The Kier molecular flexibility index (Phi) is 6.18. The summed E-state index contributed by atoms with van der Waals surface area (Å²) in [6, 6.07) is 21.3. The Bertz CT molecular complexity index is 1180. The van der Waals surface area contributed by atoms with Crippen molar-refractivity contribution in [2.24, 2.45) is 0 Å². The summed E-state index contributed by atoms with van der Waals surface area (Å²) in [4.78, 5) is 16.6. The standard InChI is InChI=1S/C25H22N4O2/c1-31-23-12-6-5-8-19(23)17-27-24(30)14-13-21-18-29(22-10-3-2-4-11-22)28-25(21)20-9-7-15-26-16-20/h2-16,18H,17H2,1H3,(H,27,30)/b14-13+. The first-order chi connectivity index (χ1) is 15.2. The predicted octanol–water partition coefficient (Wildman–Crippen LogP) is 4.27. The van der Waals surface area contributed by atoms with Gasteiger partial charge in [0.05, 0.1) is 12.8 Å². The van der Waals surface area contributed by atoms with E-state index < -0.39 is 0 Å². The molecule has 6 heteroatoms. The van der Waals surface area contributed by atoms with Gasteiger partial charge >= 0.3 is 0 Å². The maximum Gasteiger partial charge on any atom is 0.244 e. The van der Waals surface area contributed by atoms with Gasteiger partial charge in [-0.25, -0.2) is 4.68 Å². The van der Waals surface area contributed by atoms with Gasteiger partial charge in [0.2, 0.25) is 5.91 Å². The molecule has 154 valence electrons. The fourth-order valence-electron chi connectivity index (χ4n) is 3.21. The summed E-state index contributed by atoms with van der Waals surface area (Å²) in [5.41, 5.74) is 4.31. The number of rotatable bonds is 7. The van der Waals surface area contributed by atoms with Crippen molar-refractivity contribution in [2.45, 2.75) is 6.54 Å². The van der Waals surface area contributed by atoms with Crippen molar-refractivity contribution in [1.29, 1.82) is 0 Å². The molecule has 1 amide bonds. The maximum atomic E-state index is 12.4. The van der Waals surface area contributed by atoms with Crippen LogP contribution in [0.15, 0.2) is 91.4 Å². The molecule has 0 saturated carbocycles. The van der Waals surface area contributed by atoms with Crippen LogP contribution in [0.1, 0.15) is 11.1 Å². The van der Waals surface area contributed by atoms with E-state index in [4.69, 9.17) is 9.84 Å². The number of ether oxygens (including phenoxy) is 1. The molecule has 4 rings (SSSR count). The van der Waals surface area contributed by atoms with Crippen LogP contribution < -0.4 is 10.1 Å². The number of pyridine rings is 1. The molecule has 6 nitrogen and oxygen atoms in total. The third kappa shape index (κ3) is 4.87. The van der Waals surface area contributed by atoms with Gasteiger partial charge in [0.1, 0.15) is 11.4 Å². The number of benzene rings is 2. The first kappa shape index (κ1) is 20.1. The van der Waals surface area contributed by atoms with Crippen molar-refractivity contribution in [3.63, 3.8) is 0 Å². The first-order valence-electron chi connectivity index (χ1n) is 9.88. The number of carbonyl (C=O) groups is 1. The van der Waals surface area contributed by atoms with Crippen molar-refractivity contribution in [3.8, 4) is 22.7 Å². The summed E-state index contributed by atoms with van der Waals surface area (Å²) in [6.07, 6.45) is 8.67. The van der Waals surface area contributed by atoms with E-state index >= 15 is 0 Å². The van der Waals surface area contributed by atoms with Crippen LogP contribution in [-0.4, -0.2) is 27.8 Å². The Morgan fingerprint density at radius 2 is 1.87 bits per heavy atom. The lowest BCUT2D eigenvalue weighted by Crippen LogP contribution is -2.20. The summed E-state index contributed by atoms with van der Waals surface area (Å²) < 4.78 is 7.13. The Morgan fingerprint density at radius 1 is 1.06 bits per heavy atom. The summed E-state index contributed by atoms with van der Waals surface area (Å²) in [5.74, 6) is 0.547. The molecule has 0 spiro atoms. The fraction of sp³-hybridized carbons (Fsp3) is 0.0800. The molecule has 0 aliphatic rings. The molecule has 0 radical (unpaired) electrons. The highest BCUT2D eigenvalue weighted by Gasteiger charge is 2.11. The number of methoxy groups -OCH3 is 1. The zero-order valence-corrected chi connectivity index (χ0v) is 17.1. The lowest BCUT2D eigenvalue weighted by atomic mass is 10.1. The van der Waals surface area contributed by atoms with Crippen molar-refractivity contribution in [3.05, 3.63) is 103 Å². The van der Waals surface area contributed by atoms with Crippen LogP contribution in [0.5, 0.6) is 5.75 Å². The molecule has 4 aromatic rings. The Balaban J connectivity index is 1.56. The topological polar surface area (TPSA) is 69.0 Å². The molecule has 0 bridgehead atoms. The summed E-state index contributed by atoms with van der Waals surface area (Å²) >= 11 is 0. The average molecular weight is 410 g/mol. The van der Waals surface area contributed by atoms with Crippen LogP contribution >= 0.6 is 0 Å². The second-order valence-corrected chi connectivity index (χ2v) is 6.82. The van der Waals surface area contributed by atoms with Crippen LogP contribution in [0.2, 0.25) is 0 Å². The van der Waals surface area contributed by atoms with E-state index in [-0.39, 0.29) is 5.91 Å². The van der Waals surface area contributed by atoms with Crippen molar-refractivity contribution >= 4 is 12.0 Å². The largest absolute Gasteiger partial charge is 0.496 e. The number of nitrogens with one attached hydrogen (secondary N) is 1. The SMILES string of the molecule is COc1ccccc1CNC(=O)/C=C/c1cn(-c2ccccc2)nc1-c1cccnc1. The van der Waals surface area contributed by atoms with Gasteiger partial charge in [-0.05, 0) is 36.4 Å². The van der Waals surface area contributed by atoms with E-state index in [1.165, 1.54) is 6.08 Å². The van der Waals surface area contributed by atoms with E-state index in [1.807, 2.05) is 72.9 Å². The Hall–Kier alpha value is -4.19. The third-order valence-electron chi connectivity index (χ3n) is 4.76. The maximum absolute atomic E-state index is 12.4. The van der Waals surface area contributed by atoms with Crippen LogP contribution in [0, 0.1) is 0 Å². The van der Waals surface area contributed by atoms with Crippen LogP contribution in [0.4, 0.5) is 0 Å². The molecular weight excluding hydrogens is 388 g/mol. The van der Waals surface area contributed by atoms with Gasteiger partial charge in [0, 0.05) is 47.9 Å². The Morgan fingerprint density at radius 3 is 2.65 bits per heavy atom. The highest BCUT2D eigenvalue weighted by atomic mass is 16.5. The molecule has 31 heavy (non-hydrogen) atoms. The number of hydrogen-bond donors (Lipinski definition) is 1. The van der Waals surface area contributed by atoms with Gasteiger partial charge in [-0.15, -0.1) is 0 Å². The second-order valence-electron chi connectivity index (χ2n) is 6.82. The van der Waals surface area contributed by atoms with E-state index in [1.54, 1.807) is 30.3 Å². The zero-order valence-electron chi connectivity index (χ0n) is 17.1. The number of hydrogen-bond acceptors (Lipinski definition) is 4. The molecule has 2 aromatic carbocycles. The molecule has 0 saturated heterocycles. The number of para-hydroxylation sites is 2. The highest BCUT2D eigenvalue weighted by Crippen LogP contribution is 2.24. The molecule has 0 aliphatic heterocycles. The number of aromatic nitrogens is 3. The second kappa shape index (κ2) is 9.54. The fourth-order valence-corrected chi connectivity index (χ4v) is 3.21. The molecule has 2 heterocycles. The summed E-state index contributed by atoms with van der Waals surface area (Å²) in [5, 5.41) is 7.62. The van der Waals surface area contributed by atoms with E-state index in [0.717, 1.165) is 33.8 Å². The minimum Gasteiger partial charge on any atom is -0.496 e.